The molecule has 0 fully saturated rings. The van der Waals surface area contributed by atoms with Crippen LogP contribution in [0, 0.1) is 10.1 Å². The minimum atomic E-state index is -0.651. The van der Waals surface area contributed by atoms with E-state index in [1.165, 1.54) is 25.3 Å². The standard InChI is InChI=1S/C19H19N3O6/c1-4-27-16-9-13-14(10-17(16)28-5-2)21-18(20-13)12-7-6-11(19(23)26-3)8-15(12)22(24)25/h6-10H,4-5H2,1-3H3,(H,20,21). The highest BCUT2D eigenvalue weighted by molar-refractivity contribution is 5.92. The average Bonchev–Trinajstić information content (AvgIpc) is 3.10. The second-order valence-corrected chi connectivity index (χ2v) is 5.75. The molecule has 0 aliphatic heterocycles. The van der Waals surface area contributed by atoms with Crippen LogP contribution in [0.2, 0.25) is 0 Å². The first-order chi connectivity index (χ1) is 13.5. The maximum absolute atomic E-state index is 11.7. The second kappa shape index (κ2) is 7.95. The lowest BCUT2D eigenvalue weighted by molar-refractivity contribution is -0.384. The van der Waals surface area contributed by atoms with E-state index in [9.17, 15) is 14.9 Å². The Morgan fingerprint density at radius 1 is 1.14 bits per heavy atom. The fourth-order valence-corrected chi connectivity index (χ4v) is 2.81. The minimum Gasteiger partial charge on any atom is -0.490 e. The molecule has 1 aromatic heterocycles. The molecule has 9 heteroatoms. The number of carbonyl (C=O) groups excluding carboxylic acids is 1. The number of methoxy groups -OCH3 is 1. The number of hydrogen-bond acceptors (Lipinski definition) is 7. The summed E-state index contributed by atoms with van der Waals surface area (Å²) in [5.74, 6) is 0.754. The van der Waals surface area contributed by atoms with Crippen LogP contribution in [0.25, 0.3) is 22.4 Å². The summed E-state index contributed by atoms with van der Waals surface area (Å²) < 4.78 is 15.8. The van der Waals surface area contributed by atoms with E-state index in [1.807, 2.05) is 13.8 Å². The van der Waals surface area contributed by atoms with Gasteiger partial charge in [0.15, 0.2) is 11.5 Å². The first-order valence-corrected chi connectivity index (χ1v) is 8.65. The number of carbonyl (C=O) groups is 1. The normalized spacial score (nSPS) is 10.7. The van der Waals surface area contributed by atoms with Gasteiger partial charge in [0.05, 0.1) is 47.4 Å². The predicted octanol–water partition coefficient (Wildman–Crippen LogP) is 3.72. The number of benzene rings is 2. The van der Waals surface area contributed by atoms with Gasteiger partial charge in [0.25, 0.3) is 5.69 Å². The van der Waals surface area contributed by atoms with Gasteiger partial charge in [-0.3, -0.25) is 10.1 Å². The zero-order chi connectivity index (χ0) is 20.3. The summed E-state index contributed by atoms with van der Waals surface area (Å²) in [6, 6.07) is 7.56. The van der Waals surface area contributed by atoms with E-state index in [1.54, 1.807) is 12.1 Å². The Morgan fingerprint density at radius 2 is 1.82 bits per heavy atom. The predicted molar refractivity (Wildman–Crippen MR) is 102 cm³/mol. The van der Waals surface area contributed by atoms with Crippen LogP contribution >= 0.6 is 0 Å². The van der Waals surface area contributed by atoms with E-state index in [4.69, 9.17) is 9.47 Å². The summed E-state index contributed by atoms with van der Waals surface area (Å²) in [6.07, 6.45) is 0. The summed E-state index contributed by atoms with van der Waals surface area (Å²) in [5.41, 5.74) is 1.31. The van der Waals surface area contributed by atoms with Gasteiger partial charge in [-0.15, -0.1) is 0 Å². The van der Waals surface area contributed by atoms with E-state index in [-0.39, 0.29) is 16.8 Å². The Labute approximate surface area is 160 Å². The highest BCUT2D eigenvalue weighted by atomic mass is 16.6. The van der Waals surface area contributed by atoms with Crippen molar-refractivity contribution in [3.8, 4) is 22.9 Å². The Morgan fingerprint density at radius 3 is 2.43 bits per heavy atom. The Kier molecular flexibility index (Phi) is 5.44. The Balaban J connectivity index is 2.13. The smallest absolute Gasteiger partial charge is 0.338 e. The van der Waals surface area contributed by atoms with Gasteiger partial charge in [-0.25, -0.2) is 9.78 Å². The molecular weight excluding hydrogens is 366 g/mol. The van der Waals surface area contributed by atoms with Gasteiger partial charge >= 0.3 is 5.97 Å². The van der Waals surface area contributed by atoms with Crippen LogP contribution in [0.3, 0.4) is 0 Å². The van der Waals surface area contributed by atoms with E-state index in [0.717, 1.165) is 0 Å². The lowest BCUT2D eigenvalue weighted by Crippen LogP contribution is -2.03. The maximum atomic E-state index is 11.7. The number of fused-ring (bicyclic) bond motifs is 1. The molecule has 0 atom stereocenters. The van der Waals surface area contributed by atoms with Crippen molar-refractivity contribution in [1.29, 1.82) is 0 Å². The van der Waals surface area contributed by atoms with Crippen LogP contribution in [0.1, 0.15) is 24.2 Å². The topological polar surface area (TPSA) is 117 Å². The third-order valence-corrected chi connectivity index (χ3v) is 4.02. The molecule has 3 aromatic rings. The van der Waals surface area contributed by atoms with Gasteiger partial charge in [0.1, 0.15) is 5.82 Å². The van der Waals surface area contributed by atoms with Crippen LogP contribution in [0.5, 0.6) is 11.5 Å². The largest absolute Gasteiger partial charge is 0.490 e. The molecule has 0 radical (unpaired) electrons. The minimum absolute atomic E-state index is 0.0892. The number of nitro groups is 1. The number of imidazole rings is 1. The van der Waals surface area contributed by atoms with E-state index >= 15 is 0 Å². The van der Waals surface area contributed by atoms with Crippen molar-refractivity contribution in [3.05, 3.63) is 46.0 Å². The molecule has 9 nitrogen and oxygen atoms in total. The van der Waals surface area contributed by atoms with Gasteiger partial charge in [-0.1, -0.05) is 0 Å². The van der Waals surface area contributed by atoms with Gasteiger partial charge in [0, 0.05) is 18.2 Å². The fraction of sp³-hybridized carbons (Fsp3) is 0.263. The number of nitrogens with zero attached hydrogens (tertiary/aromatic N) is 2. The molecule has 1 heterocycles. The van der Waals surface area contributed by atoms with Crippen molar-refractivity contribution in [2.24, 2.45) is 0 Å². The third-order valence-electron chi connectivity index (χ3n) is 4.02. The summed E-state index contributed by atoms with van der Waals surface area (Å²) in [5, 5.41) is 11.5. The van der Waals surface area contributed by atoms with E-state index in [2.05, 4.69) is 14.7 Å². The molecule has 0 bridgehead atoms. The number of nitrogens with one attached hydrogen (secondary N) is 1. The summed E-state index contributed by atoms with van der Waals surface area (Å²) in [4.78, 5) is 30.2. The SMILES string of the molecule is CCOc1cc2nc(-c3ccc(C(=O)OC)cc3[N+](=O)[O-])[nH]c2cc1OCC. The highest BCUT2D eigenvalue weighted by Crippen LogP contribution is 2.35. The van der Waals surface area contributed by atoms with Gasteiger partial charge in [-0.2, -0.15) is 0 Å². The van der Waals surface area contributed by atoms with Crippen LogP contribution in [-0.2, 0) is 4.74 Å². The summed E-state index contributed by atoms with van der Waals surface area (Å²) >= 11 is 0. The van der Waals surface area contributed by atoms with Gasteiger partial charge in [0.2, 0.25) is 0 Å². The molecule has 3 rings (SSSR count). The highest BCUT2D eigenvalue weighted by Gasteiger charge is 2.22. The number of H-pyrrole nitrogens is 1. The number of rotatable bonds is 7. The van der Waals surface area contributed by atoms with Crippen molar-refractivity contribution < 1.29 is 23.9 Å². The molecule has 28 heavy (non-hydrogen) atoms. The number of nitro benzene ring substituents is 1. The quantitative estimate of drug-likeness (QED) is 0.374. The molecule has 0 saturated carbocycles. The van der Waals surface area contributed by atoms with Crippen molar-refractivity contribution in [2.75, 3.05) is 20.3 Å². The third kappa shape index (κ3) is 3.59. The van der Waals surface area contributed by atoms with Crippen LogP contribution < -0.4 is 9.47 Å². The van der Waals surface area contributed by atoms with E-state index < -0.39 is 10.9 Å². The van der Waals surface area contributed by atoms with Gasteiger partial charge < -0.3 is 19.2 Å². The number of ether oxygens (including phenoxy) is 3. The molecule has 0 saturated heterocycles. The van der Waals surface area contributed by atoms with Crippen LogP contribution in [-0.4, -0.2) is 41.2 Å². The zero-order valence-electron chi connectivity index (χ0n) is 15.6. The van der Waals surface area contributed by atoms with Crippen molar-refractivity contribution in [3.63, 3.8) is 0 Å². The van der Waals surface area contributed by atoms with Crippen LogP contribution in [0.4, 0.5) is 5.69 Å². The molecule has 0 unspecified atom stereocenters. The lowest BCUT2D eigenvalue weighted by atomic mass is 10.1. The number of hydrogen-bond donors (Lipinski definition) is 1. The molecule has 0 aliphatic rings. The lowest BCUT2D eigenvalue weighted by Gasteiger charge is -2.10. The number of aromatic nitrogens is 2. The first kappa shape index (κ1) is 19.2. The molecule has 2 aromatic carbocycles. The van der Waals surface area contributed by atoms with Crippen molar-refractivity contribution >= 4 is 22.7 Å². The Bertz CT molecular complexity index is 1000. The second-order valence-electron chi connectivity index (χ2n) is 5.75. The molecule has 0 aliphatic carbocycles. The van der Waals surface area contributed by atoms with Crippen molar-refractivity contribution in [2.45, 2.75) is 13.8 Å². The molecule has 1 N–H and O–H groups in total. The molecule has 0 spiro atoms. The zero-order valence-corrected chi connectivity index (χ0v) is 15.6. The first-order valence-electron chi connectivity index (χ1n) is 8.65. The molecule has 146 valence electrons. The number of esters is 1. The Hall–Kier alpha value is -3.62. The monoisotopic (exact) mass is 385 g/mol. The number of aromatic amines is 1. The summed E-state index contributed by atoms with van der Waals surface area (Å²) in [7, 11) is 1.22. The molecule has 0 amide bonds. The van der Waals surface area contributed by atoms with Crippen molar-refractivity contribution in [1.82, 2.24) is 9.97 Å². The fourth-order valence-electron chi connectivity index (χ4n) is 2.81. The average molecular weight is 385 g/mol. The molecular formula is C19H19N3O6. The van der Waals surface area contributed by atoms with Crippen LogP contribution in [0.15, 0.2) is 30.3 Å². The maximum Gasteiger partial charge on any atom is 0.338 e. The van der Waals surface area contributed by atoms with E-state index in [0.29, 0.717) is 41.6 Å². The van der Waals surface area contributed by atoms with Gasteiger partial charge in [-0.05, 0) is 26.0 Å². The summed E-state index contributed by atoms with van der Waals surface area (Å²) in [6.45, 7) is 4.66.